The van der Waals surface area contributed by atoms with Gasteiger partial charge in [0.05, 0.1) is 5.69 Å². The maximum Gasteiger partial charge on any atom is 0.346 e. The number of anilines is 2. The molecule has 1 aliphatic heterocycles. The Morgan fingerprint density at radius 2 is 1.87 bits per heavy atom. The molecule has 2 aromatic carbocycles. The van der Waals surface area contributed by atoms with Crippen LogP contribution in [0.25, 0.3) is 0 Å². The van der Waals surface area contributed by atoms with Crippen LogP contribution in [0, 0.1) is 13.8 Å². The molecular formula is C17H19N2O3S+. The van der Waals surface area contributed by atoms with Gasteiger partial charge in [-0.05, 0) is 59.4 Å². The van der Waals surface area contributed by atoms with Gasteiger partial charge in [-0.15, -0.1) is 0 Å². The average molecular weight is 331 g/mol. The van der Waals surface area contributed by atoms with Crippen molar-refractivity contribution in [2.75, 3.05) is 10.0 Å². The minimum absolute atomic E-state index is 0.0248. The van der Waals surface area contributed by atoms with Crippen molar-refractivity contribution in [3.63, 3.8) is 0 Å². The van der Waals surface area contributed by atoms with Gasteiger partial charge >= 0.3 is 10.4 Å². The van der Waals surface area contributed by atoms with E-state index in [1.54, 1.807) is 24.3 Å². The van der Waals surface area contributed by atoms with E-state index in [9.17, 15) is 13.6 Å². The number of fused-ring (bicyclic) bond motifs is 1. The van der Waals surface area contributed by atoms with Gasteiger partial charge in [-0.25, -0.2) is 0 Å². The summed E-state index contributed by atoms with van der Waals surface area (Å²) < 4.78 is 25.8. The minimum Gasteiger partial charge on any atom is -0.326 e. The van der Waals surface area contributed by atoms with E-state index in [0.717, 1.165) is 16.7 Å². The van der Waals surface area contributed by atoms with Gasteiger partial charge in [-0.3, -0.25) is 4.79 Å². The minimum atomic E-state index is -3.40. The number of carbonyl (C=O) groups excluding carboxylic acids is 1. The predicted octanol–water partition coefficient (Wildman–Crippen LogP) is 3.55. The Morgan fingerprint density at radius 1 is 1.09 bits per heavy atom. The summed E-state index contributed by atoms with van der Waals surface area (Å²) in [5.74, 6) is -0.0248. The number of hydrogen-bond donors (Lipinski definition) is 3. The second-order valence-corrected chi connectivity index (χ2v) is 7.52. The molecule has 3 rings (SSSR count). The molecule has 1 heterocycles. The maximum absolute atomic E-state index is 12.7. The summed E-state index contributed by atoms with van der Waals surface area (Å²) in [6.07, 6.45) is 0.974. The lowest BCUT2D eigenvalue weighted by atomic mass is 10.0. The van der Waals surface area contributed by atoms with Crippen LogP contribution in [-0.2, 0) is 25.8 Å². The molecule has 1 aliphatic rings. The summed E-state index contributed by atoms with van der Waals surface area (Å²) in [6.45, 7) is 3.95. The summed E-state index contributed by atoms with van der Waals surface area (Å²) >= 11 is 0. The van der Waals surface area contributed by atoms with Crippen LogP contribution in [0.2, 0.25) is 0 Å². The molecule has 3 N–H and O–H groups in total. The second kappa shape index (κ2) is 5.79. The van der Waals surface area contributed by atoms with Crippen LogP contribution in [0.1, 0.15) is 23.1 Å². The van der Waals surface area contributed by atoms with Crippen molar-refractivity contribution < 1.29 is 13.6 Å². The Bertz CT molecular complexity index is 833. The van der Waals surface area contributed by atoms with Crippen LogP contribution in [0.15, 0.2) is 41.3 Å². The van der Waals surface area contributed by atoms with Crippen molar-refractivity contribution in [1.82, 2.24) is 0 Å². The zero-order valence-corrected chi connectivity index (χ0v) is 13.9. The van der Waals surface area contributed by atoms with Gasteiger partial charge in [0, 0.05) is 24.2 Å². The van der Waals surface area contributed by atoms with Gasteiger partial charge in [-0.2, -0.15) is 9.27 Å². The monoisotopic (exact) mass is 331 g/mol. The maximum atomic E-state index is 12.7. The van der Waals surface area contributed by atoms with Crippen molar-refractivity contribution >= 4 is 27.7 Å². The van der Waals surface area contributed by atoms with E-state index in [2.05, 4.69) is 10.0 Å². The molecule has 0 aliphatic carbocycles. The first-order chi connectivity index (χ1) is 10.8. The average Bonchev–Trinajstić information content (AvgIpc) is 2.50. The Hall–Kier alpha value is -2.18. The van der Waals surface area contributed by atoms with Gasteiger partial charge in [0.1, 0.15) is 0 Å². The lowest BCUT2D eigenvalue weighted by Crippen LogP contribution is -2.23. The molecule has 0 bridgehead atoms. The first kappa shape index (κ1) is 15.7. The summed E-state index contributed by atoms with van der Waals surface area (Å²) in [5, 5.41) is 2.77. The SMILES string of the molecule is Cc1ccc(N[S+](=O)(O)c2ccc3c(c2)CCC(=O)N3)cc1C. The lowest BCUT2D eigenvalue weighted by molar-refractivity contribution is -0.116. The third kappa shape index (κ3) is 3.28. The Balaban J connectivity index is 1.88. The molecule has 1 unspecified atom stereocenters. The highest BCUT2D eigenvalue weighted by Crippen LogP contribution is 2.28. The van der Waals surface area contributed by atoms with Crippen molar-refractivity contribution in [3.8, 4) is 0 Å². The standard InChI is InChI=1S/C17H18N2O3S/c1-11-3-5-14(9-12(11)2)19-23(21,22)15-6-7-16-13(10-15)4-8-17(20)18-16/h3,5-7,9-10H,4,8H2,1-2H3,(H2-,18,19,20,21,22)/p+1. The van der Waals surface area contributed by atoms with E-state index >= 15 is 0 Å². The van der Waals surface area contributed by atoms with Crippen LogP contribution in [0.5, 0.6) is 0 Å². The molecule has 0 saturated heterocycles. The van der Waals surface area contributed by atoms with Crippen molar-refractivity contribution in [2.24, 2.45) is 0 Å². The van der Waals surface area contributed by atoms with E-state index in [1.165, 1.54) is 0 Å². The van der Waals surface area contributed by atoms with Gasteiger partial charge in [0.25, 0.3) is 0 Å². The van der Waals surface area contributed by atoms with Gasteiger partial charge in [-0.1, -0.05) is 6.07 Å². The quantitative estimate of drug-likeness (QED) is 0.753. The van der Waals surface area contributed by atoms with Crippen LogP contribution in [-0.4, -0.2) is 10.5 Å². The highest BCUT2D eigenvalue weighted by molar-refractivity contribution is 7.99. The summed E-state index contributed by atoms with van der Waals surface area (Å²) in [5.41, 5.74) is 4.38. The number of hydrogen-bond acceptors (Lipinski definition) is 2. The predicted molar refractivity (Wildman–Crippen MR) is 91.9 cm³/mol. The van der Waals surface area contributed by atoms with E-state index in [4.69, 9.17) is 0 Å². The molecule has 0 saturated carbocycles. The fraction of sp³-hybridized carbons (Fsp3) is 0.235. The van der Waals surface area contributed by atoms with E-state index in [0.29, 0.717) is 29.1 Å². The first-order valence-corrected chi connectivity index (χ1v) is 8.91. The molecule has 1 atom stereocenters. The van der Waals surface area contributed by atoms with E-state index < -0.39 is 10.4 Å². The molecule has 2 aromatic rings. The molecule has 0 fully saturated rings. The van der Waals surface area contributed by atoms with Crippen LogP contribution < -0.4 is 10.0 Å². The fourth-order valence-corrected chi connectivity index (χ4v) is 3.67. The fourth-order valence-electron chi connectivity index (χ4n) is 2.56. The van der Waals surface area contributed by atoms with Crippen LogP contribution in [0.3, 0.4) is 0 Å². The number of amides is 1. The molecule has 23 heavy (non-hydrogen) atoms. The Labute approximate surface area is 136 Å². The molecule has 5 nitrogen and oxygen atoms in total. The molecule has 0 aromatic heterocycles. The van der Waals surface area contributed by atoms with Gasteiger partial charge in [0.15, 0.2) is 0 Å². The highest BCUT2D eigenvalue weighted by Gasteiger charge is 2.31. The first-order valence-electron chi connectivity index (χ1n) is 7.39. The zero-order valence-electron chi connectivity index (χ0n) is 13.1. The normalized spacial score (nSPS) is 16.2. The van der Waals surface area contributed by atoms with Crippen LogP contribution >= 0.6 is 0 Å². The van der Waals surface area contributed by atoms with Crippen LogP contribution in [0.4, 0.5) is 11.4 Å². The molecule has 6 heteroatoms. The summed E-state index contributed by atoms with van der Waals surface area (Å²) in [4.78, 5) is 11.7. The summed E-state index contributed by atoms with van der Waals surface area (Å²) in [7, 11) is -3.40. The number of benzene rings is 2. The highest BCUT2D eigenvalue weighted by atomic mass is 32.3. The largest absolute Gasteiger partial charge is 0.346 e. The zero-order chi connectivity index (χ0) is 16.6. The van der Waals surface area contributed by atoms with Crippen molar-refractivity contribution in [2.45, 2.75) is 31.6 Å². The molecule has 1 amide bonds. The number of aryl methyl sites for hydroxylation is 3. The Morgan fingerprint density at radius 3 is 2.61 bits per heavy atom. The summed E-state index contributed by atoms with van der Waals surface area (Å²) in [6, 6.07) is 10.5. The number of carbonyl (C=O) groups is 1. The van der Waals surface area contributed by atoms with Crippen molar-refractivity contribution in [3.05, 3.63) is 53.1 Å². The smallest absolute Gasteiger partial charge is 0.326 e. The third-order valence-electron chi connectivity index (χ3n) is 4.05. The Kier molecular flexibility index (Phi) is 3.95. The molecular weight excluding hydrogens is 312 g/mol. The molecule has 0 radical (unpaired) electrons. The topological polar surface area (TPSA) is 78.4 Å². The van der Waals surface area contributed by atoms with Gasteiger partial charge < -0.3 is 5.32 Å². The second-order valence-electron chi connectivity index (χ2n) is 5.79. The van der Waals surface area contributed by atoms with Crippen molar-refractivity contribution in [1.29, 1.82) is 0 Å². The van der Waals surface area contributed by atoms with Gasteiger partial charge in [0.2, 0.25) is 10.8 Å². The lowest BCUT2D eigenvalue weighted by Gasteiger charge is -2.17. The number of rotatable bonds is 3. The third-order valence-corrected chi connectivity index (χ3v) is 5.46. The number of nitrogens with one attached hydrogen (secondary N) is 2. The molecule has 120 valence electrons. The molecule has 0 spiro atoms. The van der Waals surface area contributed by atoms with E-state index in [1.807, 2.05) is 26.0 Å². The van der Waals surface area contributed by atoms with E-state index in [-0.39, 0.29) is 5.91 Å².